The minimum Gasteiger partial charge on any atom is -0.482 e. The number of carbonyl (C=O) groups excluding carboxylic acids is 4. The van der Waals surface area contributed by atoms with E-state index in [1.54, 1.807) is 18.2 Å². The van der Waals surface area contributed by atoms with Gasteiger partial charge in [-0.15, -0.1) is 23.5 Å². The van der Waals surface area contributed by atoms with Gasteiger partial charge in [-0.3, -0.25) is 29.2 Å². The van der Waals surface area contributed by atoms with Crippen molar-refractivity contribution in [3.8, 4) is 57.5 Å². The molecular weight excluding hydrogens is 1790 g/mol. The maximum absolute atomic E-state index is 13.1. The van der Waals surface area contributed by atoms with Crippen molar-refractivity contribution in [3.05, 3.63) is 270 Å². The number of aliphatic hydroxyl groups excluding tert-OH is 4. The van der Waals surface area contributed by atoms with Crippen molar-refractivity contribution in [2.45, 2.75) is 172 Å². The van der Waals surface area contributed by atoms with Crippen molar-refractivity contribution in [1.82, 2.24) is 19.6 Å². The van der Waals surface area contributed by atoms with Crippen molar-refractivity contribution < 1.29 is 110 Å². The Kier molecular flexibility index (Phi) is 23.8. The van der Waals surface area contributed by atoms with E-state index in [2.05, 4.69) is 19.6 Å². The molecule has 4 saturated heterocycles. The molecule has 0 aromatic heterocycles. The molecule has 0 saturated carbocycles. The molecule has 0 spiro atoms. The van der Waals surface area contributed by atoms with Crippen LogP contribution in [0.25, 0.3) is 10.8 Å². The fourth-order valence-corrected chi connectivity index (χ4v) is 24.4. The number of carbonyl (C=O) groups is 4. The number of aliphatic hydroxyl groups is 4. The smallest absolute Gasteiger partial charge is 0.344 e. The molecule has 31 heteroatoms. The molecule has 16 aliphatic rings. The molecule has 0 radical (unpaired) electrons. The Morgan fingerprint density at radius 2 is 0.737 bits per heavy atom. The molecule has 9 aromatic carbocycles. The van der Waals surface area contributed by atoms with Gasteiger partial charge in [0, 0.05) is 115 Å². The Morgan fingerprint density at radius 3 is 1.13 bits per heavy atom. The fourth-order valence-electron chi connectivity index (χ4n) is 22.4. The minimum absolute atomic E-state index is 0.0790. The second-order valence-electron chi connectivity index (χ2n) is 36.1. The van der Waals surface area contributed by atoms with Crippen LogP contribution < -0.4 is 47.4 Å². The Hall–Kier alpha value is -11.0. The number of esters is 4. The zero-order valence-electron chi connectivity index (χ0n) is 72.5. The molecule has 4 aliphatic carbocycles. The first-order chi connectivity index (χ1) is 64.6. The number of thioether (sulfide) groups is 2. The summed E-state index contributed by atoms with van der Waals surface area (Å²) in [6.45, 7) is 11.1. The normalized spacial score (nSPS) is 26.9. The van der Waals surface area contributed by atoms with Gasteiger partial charge in [-0.2, -0.15) is 0 Å². The zero-order valence-corrected chi connectivity index (χ0v) is 75.6. The molecule has 9 aromatic rings. The Bertz CT molecular complexity index is 6110. The van der Waals surface area contributed by atoms with Gasteiger partial charge in [0.25, 0.3) is 0 Å². The molecule has 26 nitrogen and oxygen atoms in total. The average Bonchev–Trinajstić information content (AvgIpc) is 1.66. The summed E-state index contributed by atoms with van der Waals surface area (Å²) in [6.07, 6.45) is 4.84. The first-order valence-corrected chi connectivity index (χ1v) is 47.7. The van der Waals surface area contributed by atoms with E-state index < -0.39 is 72.7 Å². The van der Waals surface area contributed by atoms with Crippen LogP contribution in [0, 0.1) is 19.7 Å². The highest BCUT2D eigenvalue weighted by Gasteiger charge is 2.56. The van der Waals surface area contributed by atoms with Crippen molar-refractivity contribution >= 4 is 81.4 Å². The fraction of sp³-hybridized carbons (Fsp3) is 0.373. The molecule has 4 fully saturated rings. The maximum atomic E-state index is 13.1. The lowest BCUT2D eigenvalue weighted by atomic mass is 9.73. The Morgan fingerprint density at radius 1 is 0.391 bits per heavy atom. The van der Waals surface area contributed by atoms with E-state index in [9.17, 15) is 44.0 Å². The summed E-state index contributed by atoms with van der Waals surface area (Å²) in [7, 11) is 0. The largest absolute Gasteiger partial charge is 0.482 e. The maximum Gasteiger partial charge on any atom is 0.344 e. The molecule has 25 rings (SSSR count). The van der Waals surface area contributed by atoms with Gasteiger partial charge in [0.2, 0.25) is 27.2 Å². The number of ether oxygens (including phenoxy) is 14. The lowest BCUT2D eigenvalue weighted by Crippen LogP contribution is -2.51. The van der Waals surface area contributed by atoms with Crippen LogP contribution in [0.2, 0.25) is 10.0 Å². The van der Waals surface area contributed by atoms with Crippen LogP contribution in [0.4, 0.5) is 4.39 Å². The van der Waals surface area contributed by atoms with Crippen LogP contribution in [-0.4, -0.2) is 215 Å². The van der Waals surface area contributed by atoms with Gasteiger partial charge in [-0.25, -0.2) is 14.0 Å². The van der Waals surface area contributed by atoms with E-state index in [4.69, 9.17) is 89.5 Å². The lowest BCUT2D eigenvalue weighted by Gasteiger charge is -2.45. The van der Waals surface area contributed by atoms with Crippen molar-refractivity contribution in [3.63, 3.8) is 0 Å². The number of hydrogen-bond acceptors (Lipinski definition) is 28. The monoisotopic (exact) mass is 1880 g/mol. The van der Waals surface area contributed by atoms with Gasteiger partial charge in [-0.05, 0) is 210 Å². The quantitative estimate of drug-likeness (QED) is 0.0302. The van der Waals surface area contributed by atoms with Crippen molar-refractivity contribution in [2.24, 2.45) is 0 Å². The molecule has 12 aliphatic heterocycles. The summed E-state index contributed by atoms with van der Waals surface area (Å²) in [5.41, 5.74) is 15.6. The number of benzene rings is 9. The second-order valence-corrected chi connectivity index (χ2v) is 39.0. The molecule has 688 valence electrons. The van der Waals surface area contributed by atoms with Crippen LogP contribution in [0.1, 0.15) is 105 Å². The first kappa shape index (κ1) is 87.3. The van der Waals surface area contributed by atoms with E-state index in [0.29, 0.717) is 44.5 Å². The molecule has 4 N–H and O–H groups in total. The number of aryl methyl sites for hydroxylation is 2. The highest BCUT2D eigenvalue weighted by atomic mass is 35.5. The lowest BCUT2D eigenvalue weighted by molar-refractivity contribution is -0.160. The van der Waals surface area contributed by atoms with Crippen molar-refractivity contribution in [1.29, 1.82) is 0 Å². The summed E-state index contributed by atoms with van der Waals surface area (Å²) < 4.78 is 92.9. The minimum atomic E-state index is -0.882. The van der Waals surface area contributed by atoms with Gasteiger partial charge in [0.1, 0.15) is 66.1 Å². The van der Waals surface area contributed by atoms with E-state index in [1.165, 1.54) is 57.9 Å². The summed E-state index contributed by atoms with van der Waals surface area (Å²) >= 11 is 15.0. The molecule has 133 heavy (non-hydrogen) atoms. The van der Waals surface area contributed by atoms with E-state index in [-0.39, 0.29) is 106 Å². The van der Waals surface area contributed by atoms with Crippen LogP contribution >= 0.6 is 46.7 Å². The Balaban J connectivity index is 0.000000103. The highest BCUT2D eigenvalue weighted by molar-refractivity contribution is 8.00. The molecule has 16 atom stereocenters. The predicted octanol–water partition coefficient (Wildman–Crippen LogP) is 14.2. The number of nitrogens with zero attached hydrogens (tertiary/aromatic N) is 4. The van der Waals surface area contributed by atoms with E-state index >= 15 is 0 Å². The van der Waals surface area contributed by atoms with Gasteiger partial charge < -0.3 is 86.7 Å². The second kappa shape index (κ2) is 36.3. The standard InChI is InChI=1S/C28H25NO6.C25H23Cl2NO5S.C25H25NO6.C24H22FNO5S/c30-22-10-18-7-8-29-13-19-11-23-24(34-15-33-23)12-21(19)26(27(18)29)28(22)35-25(31)14-32-20-6-5-16-3-1-2-4-17(16)9-20;1-12-4-21(17(27)8-16(12)26)34-10-22(30)33-25-18(29)5-13-2-3-28-9-14-6-19-20(32-11-31-19)7-15(14)23(25)24(13)28;1-14-2-4-17(5-3-14)29-12-22(28)32-25-19(27)8-15-6-7-26-11-16-9-20-21(31-13-30-20)10-18(16)23(25)24(15)26;25-15-1-3-16(4-2-15)32-11-21(28)31-24-18(27)7-13-5-6-26-10-14-8-19-20(30-12-29-19)9-17(14)22(24)23(13)26/h1-6,9-12,22,26-28,30H,7-8,13-15H2;4-8,18,23-25,29H,2-3,9-11H2,1H3;2-5,8-10,19,23-25,27H,6-7,11-13H2,1H3;1-4,7-9,18,22-24,27H,5-6,10-12H2. The van der Waals surface area contributed by atoms with Gasteiger partial charge in [-0.1, -0.05) is 118 Å². The van der Waals surface area contributed by atoms with E-state index in [0.717, 1.165) is 177 Å². The number of hydrogen-bond donors (Lipinski definition) is 4. The zero-order chi connectivity index (χ0) is 90.7. The summed E-state index contributed by atoms with van der Waals surface area (Å²) in [5.74, 6) is 4.30. The van der Waals surface area contributed by atoms with Crippen LogP contribution in [0.3, 0.4) is 0 Å². The predicted molar refractivity (Wildman–Crippen MR) is 488 cm³/mol. The third kappa shape index (κ3) is 17.0. The Labute approximate surface area is 783 Å². The molecule has 0 amide bonds. The average molecular weight is 1880 g/mol. The number of halogens is 3. The van der Waals surface area contributed by atoms with Crippen LogP contribution in [-0.2, 0) is 64.3 Å². The third-order valence-corrected chi connectivity index (χ3v) is 31.1. The topological polar surface area (TPSA) is 291 Å². The summed E-state index contributed by atoms with van der Waals surface area (Å²) in [6, 6.07) is 47.2. The number of rotatable bonds is 16. The molecular formula is C102H95Cl2FN4O22S2. The summed E-state index contributed by atoms with van der Waals surface area (Å²) in [5, 5.41) is 47.2. The molecule has 12 heterocycles. The van der Waals surface area contributed by atoms with Crippen LogP contribution in [0.15, 0.2) is 208 Å². The van der Waals surface area contributed by atoms with E-state index in [1.807, 2.05) is 159 Å². The SMILES string of the molecule is Cc1cc(SCC(=O)OC2C(O)C=C3CCN4Cc5cc6c(cc5C2C34)OCO6)c(Cl)cc1Cl.Cc1ccc(OCC(=O)OC2C(O)C=C3CCN4Cc5cc6c(cc5C2C34)OCO6)cc1.O=C(COc1ccc2ccccc2c1)OC1C(O)C=C2CCN3Cc4cc5c(cc4C1C23)OCO5.O=C(CSc1ccc(F)cc1)OC1C(O)C=C2CCN3Cc4cc5c(cc4C1C23)OCO5. The van der Waals surface area contributed by atoms with Gasteiger partial charge in [0.15, 0.2) is 59.2 Å². The van der Waals surface area contributed by atoms with Crippen LogP contribution in [0.5, 0.6) is 57.5 Å². The summed E-state index contributed by atoms with van der Waals surface area (Å²) in [4.78, 5) is 62.5. The third-order valence-electron chi connectivity index (χ3n) is 28.2. The molecule has 0 bridgehead atoms. The van der Waals surface area contributed by atoms with Gasteiger partial charge in [0.05, 0.1) is 16.5 Å². The van der Waals surface area contributed by atoms with Gasteiger partial charge >= 0.3 is 23.9 Å². The molecule has 16 unspecified atom stereocenters. The number of fused-ring (bicyclic) bond motifs is 13. The first-order valence-electron chi connectivity index (χ1n) is 44.9. The van der Waals surface area contributed by atoms with Crippen molar-refractivity contribution in [2.75, 3.05) is 78.1 Å². The highest BCUT2D eigenvalue weighted by Crippen LogP contribution is 2.57.